The van der Waals surface area contributed by atoms with E-state index in [1.165, 1.54) is 11.1 Å². The molecule has 7 heteroatoms. The van der Waals surface area contributed by atoms with Crippen molar-refractivity contribution in [2.24, 2.45) is 0 Å². The van der Waals surface area contributed by atoms with Crippen LogP contribution >= 0.6 is 0 Å². The fourth-order valence-electron chi connectivity index (χ4n) is 4.47. The lowest BCUT2D eigenvalue weighted by Crippen LogP contribution is -2.45. The third-order valence-corrected chi connectivity index (χ3v) is 6.25. The number of anilines is 2. The lowest BCUT2D eigenvalue weighted by Gasteiger charge is -2.34. The largest absolute Gasteiger partial charge is 0.474 e. The molecule has 2 aliphatic heterocycles. The van der Waals surface area contributed by atoms with Gasteiger partial charge < -0.3 is 15.4 Å². The predicted molar refractivity (Wildman–Crippen MR) is 125 cm³/mol. The van der Waals surface area contributed by atoms with Crippen LogP contribution in [0.5, 0.6) is 0 Å². The highest BCUT2D eigenvalue weighted by Gasteiger charge is 2.23. The molecule has 2 atom stereocenters. The van der Waals surface area contributed by atoms with E-state index in [2.05, 4.69) is 72.1 Å². The molecule has 2 aromatic rings. The van der Waals surface area contributed by atoms with Crippen LogP contribution in [0.25, 0.3) is 0 Å². The second kappa shape index (κ2) is 9.66. The third kappa shape index (κ3) is 4.67. The van der Waals surface area contributed by atoms with Crippen LogP contribution in [-0.2, 0) is 11.3 Å². The first-order valence-electron chi connectivity index (χ1n) is 11.4. The van der Waals surface area contributed by atoms with Gasteiger partial charge in [0.25, 0.3) is 0 Å². The summed E-state index contributed by atoms with van der Waals surface area (Å²) in [6, 6.07) is 9.59. The summed E-state index contributed by atoms with van der Waals surface area (Å²) in [6.45, 7) is 16.1. The van der Waals surface area contributed by atoms with Crippen molar-refractivity contribution >= 4 is 11.8 Å². The lowest BCUT2D eigenvalue weighted by molar-refractivity contribution is 0.169. The highest BCUT2D eigenvalue weighted by atomic mass is 16.5. The minimum Gasteiger partial charge on any atom is -0.474 e. The number of nitrogens with one attached hydrogen (secondary N) is 2. The molecule has 31 heavy (non-hydrogen) atoms. The number of aromatic nitrogens is 2. The van der Waals surface area contributed by atoms with Crippen LogP contribution in [0.3, 0.4) is 0 Å². The standard InChI is InChI=1S/C24H34N6O/c1-5-22(29-13-11-25-12-14-29)20-9-7-19(8-10-20)17(3)27-24-26-15-21-16-31-18(4)30(6-2)23(21)28-24/h7-10,15,17,22,25H,4-6,11-14,16H2,1-3H3,(H,26,27,28)/t17-,22?/m0/s1. The Kier molecular flexibility index (Phi) is 6.73. The number of piperazine rings is 1. The van der Waals surface area contributed by atoms with Gasteiger partial charge in [0.2, 0.25) is 5.95 Å². The minimum atomic E-state index is 0.101. The second-order valence-electron chi connectivity index (χ2n) is 8.21. The zero-order valence-electron chi connectivity index (χ0n) is 18.9. The van der Waals surface area contributed by atoms with Gasteiger partial charge in [-0.15, -0.1) is 0 Å². The summed E-state index contributed by atoms with van der Waals surface area (Å²) >= 11 is 0. The molecule has 0 bridgehead atoms. The Labute approximate surface area is 185 Å². The zero-order chi connectivity index (χ0) is 21.8. The van der Waals surface area contributed by atoms with Crippen LogP contribution in [-0.4, -0.2) is 47.6 Å². The van der Waals surface area contributed by atoms with Gasteiger partial charge in [0.15, 0.2) is 5.88 Å². The van der Waals surface area contributed by atoms with Gasteiger partial charge >= 0.3 is 0 Å². The Morgan fingerprint density at radius 1 is 1.16 bits per heavy atom. The SMILES string of the molecule is C=C1OCc2cnc(N[C@@H](C)c3ccc(C(CC)N4CCNCC4)cc3)nc2N1CC. The van der Waals surface area contributed by atoms with Crippen molar-refractivity contribution in [3.05, 3.63) is 59.6 Å². The van der Waals surface area contributed by atoms with Crippen LogP contribution in [0.2, 0.25) is 0 Å². The molecule has 1 unspecified atom stereocenters. The number of benzene rings is 1. The summed E-state index contributed by atoms with van der Waals surface area (Å²) in [5, 5.41) is 6.90. The Hall–Kier alpha value is -2.64. The first kappa shape index (κ1) is 21.6. The summed E-state index contributed by atoms with van der Waals surface area (Å²) in [7, 11) is 0. The molecule has 7 nitrogen and oxygen atoms in total. The van der Waals surface area contributed by atoms with Crippen molar-refractivity contribution in [3.8, 4) is 0 Å². The maximum atomic E-state index is 5.61. The quantitative estimate of drug-likeness (QED) is 0.703. The van der Waals surface area contributed by atoms with Crippen LogP contribution in [0.1, 0.15) is 56.0 Å². The molecule has 1 fully saturated rings. The predicted octanol–water partition coefficient (Wildman–Crippen LogP) is 3.83. The maximum absolute atomic E-state index is 5.61. The van der Waals surface area contributed by atoms with Crippen molar-refractivity contribution < 1.29 is 4.74 Å². The molecule has 0 radical (unpaired) electrons. The number of rotatable bonds is 7. The fourth-order valence-corrected chi connectivity index (χ4v) is 4.47. The van der Waals surface area contributed by atoms with Gasteiger partial charge in [0.1, 0.15) is 12.4 Å². The smallest absolute Gasteiger partial charge is 0.225 e. The fraction of sp³-hybridized carbons (Fsp3) is 0.500. The molecule has 1 aromatic carbocycles. The molecule has 166 valence electrons. The summed E-state index contributed by atoms with van der Waals surface area (Å²) in [4.78, 5) is 13.8. The van der Waals surface area contributed by atoms with Gasteiger partial charge in [-0.1, -0.05) is 31.2 Å². The Morgan fingerprint density at radius 3 is 2.55 bits per heavy atom. The first-order chi connectivity index (χ1) is 15.1. The Bertz CT molecular complexity index is 893. The van der Waals surface area contributed by atoms with Crippen LogP contribution in [0, 0.1) is 0 Å². The van der Waals surface area contributed by atoms with Gasteiger partial charge in [-0.05, 0) is 38.0 Å². The van der Waals surface area contributed by atoms with Gasteiger partial charge in [-0.3, -0.25) is 9.80 Å². The van der Waals surface area contributed by atoms with E-state index < -0.39 is 0 Å². The van der Waals surface area contributed by atoms with Gasteiger partial charge in [0, 0.05) is 45.0 Å². The van der Waals surface area contributed by atoms with Crippen LogP contribution in [0.4, 0.5) is 11.8 Å². The Balaban J connectivity index is 1.46. The third-order valence-electron chi connectivity index (χ3n) is 6.25. The van der Waals surface area contributed by atoms with E-state index in [-0.39, 0.29) is 6.04 Å². The normalized spacial score (nSPS) is 18.8. The molecule has 0 spiro atoms. The topological polar surface area (TPSA) is 65.5 Å². The van der Waals surface area contributed by atoms with Crippen molar-refractivity contribution in [2.45, 2.75) is 45.9 Å². The van der Waals surface area contributed by atoms with Crippen molar-refractivity contribution in [2.75, 3.05) is 42.9 Å². The van der Waals surface area contributed by atoms with E-state index in [4.69, 9.17) is 9.72 Å². The molecule has 3 heterocycles. The molecule has 0 amide bonds. The number of hydrogen-bond donors (Lipinski definition) is 2. The summed E-state index contributed by atoms with van der Waals surface area (Å²) in [6.07, 6.45) is 2.97. The van der Waals surface area contributed by atoms with Gasteiger partial charge in [-0.25, -0.2) is 4.98 Å². The lowest BCUT2D eigenvalue weighted by atomic mass is 9.98. The zero-order valence-corrected chi connectivity index (χ0v) is 18.9. The molecular formula is C24H34N6O. The molecule has 0 aliphatic carbocycles. The van der Waals surface area contributed by atoms with E-state index in [9.17, 15) is 0 Å². The second-order valence-corrected chi connectivity index (χ2v) is 8.21. The van der Waals surface area contributed by atoms with E-state index >= 15 is 0 Å². The molecule has 1 aromatic heterocycles. The number of nitrogens with zero attached hydrogens (tertiary/aromatic N) is 4. The molecule has 4 rings (SSSR count). The number of fused-ring (bicyclic) bond motifs is 1. The van der Waals surface area contributed by atoms with E-state index in [0.717, 1.165) is 50.5 Å². The molecule has 1 saturated heterocycles. The monoisotopic (exact) mass is 422 g/mol. The van der Waals surface area contributed by atoms with E-state index in [1.54, 1.807) is 0 Å². The van der Waals surface area contributed by atoms with E-state index in [1.807, 2.05) is 11.1 Å². The summed E-state index contributed by atoms with van der Waals surface area (Å²) in [5.41, 5.74) is 3.60. The average molecular weight is 423 g/mol. The van der Waals surface area contributed by atoms with Crippen molar-refractivity contribution in [1.82, 2.24) is 20.2 Å². The number of ether oxygens (including phenoxy) is 1. The first-order valence-corrected chi connectivity index (χ1v) is 11.4. The maximum Gasteiger partial charge on any atom is 0.225 e. The molecule has 2 N–H and O–H groups in total. The van der Waals surface area contributed by atoms with E-state index in [0.29, 0.717) is 24.5 Å². The Morgan fingerprint density at radius 2 is 1.87 bits per heavy atom. The molecule has 2 aliphatic rings. The summed E-state index contributed by atoms with van der Waals surface area (Å²) in [5.74, 6) is 2.13. The van der Waals surface area contributed by atoms with Gasteiger partial charge in [-0.2, -0.15) is 4.98 Å². The number of hydrogen-bond acceptors (Lipinski definition) is 7. The van der Waals surface area contributed by atoms with Crippen LogP contribution < -0.4 is 15.5 Å². The van der Waals surface area contributed by atoms with Crippen molar-refractivity contribution in [1.29, 1.82) is 0 Å². The highest BCUT2D eigenvalue weighted by molar-refractivity contribution is 5.54. The average Bonchev–Trinajstić information content (AvgIpc) is 2.80. The summed E-state index contributed by atoms with van der Waals surface area (Å²) < 4.78 is 5.61. The highest BCUT2D eigenvalue weighted by Crippen LogP contribution is 2.30. The minimum absolute atomic E-state index is 0.101. The molecule has 0 saturated carbocycles. The van der Waals surface area contributed by atoms with Crippen molar-refractivity contribution in [3.63, 3.8) is 0 Å². The van der Waals surface area contributed by atoms with Crippen LogP contribution in [0.15, 0.2) is 42.9 Å². The van der Waals surface area contributed by atoms with Gasteiger partial charge in [0.05, 0.1) is 11.6 Å². The molecular weight excluding hydrogens is 388 g/mol.